The van der Waals surface area contributed by atoms with Gasteiger partial charge in [-0.2, -0.15) is 0 Å². The monoisotopic (exact) mass is 282 g/mol. The van der Waals surface area contributed by atoms with Crippen LogP contribution in [0.15, 0.2) is 12.1 Å². The average Bonchev–Trinajstić information content (AvgIpc) is 2.47. The molecule has 0 saturated carbocycles. The number of rotatable bonds is 7. The molecule has 1 aromatic carbocycles. The van der Waals surface area contributed by atoms with E-state index in [1.54, 1.807) is 6.92 Å². The fourth-order valence-electron chi connectivity index (χ4n) is 1.72. The molecular formula is C14H18O6. The average molecular weight is 282 g/mol. The SMILES string of the molecule is CCOC(=O)C(=O)c1cc(OC)c(COC)c(OC)c1. The molecule has 1 rings (SSSR count). The van der Waals surface area contributed by atoms with Gasteiger partial charge in [-0.1, -0.05) is 0 Å². The van der Waals surface area contributed by atoms with Crippen molar-refractivity contribution in [1.29, 1.82) is 0 Å². The quantitative estimate of drug-likeness (QED) is 0.430. The Kier molecular flexibility index (Phi) is 5.99. The molecule has 0 radical (unpaired) electrons. The van der Waals surface area contributed by atoms with Gasteiger partial charge in [0.05, 0.1) is 33.0 Å². The highest BCUT2D eigenvalue weighted by atomic mass is 16.5. The summed E-state index contributed by atoms with van der Waals surface area (Å²) in [6.45, 7) is 2.04. The van der Waals surface area contributed by atoms with Crippen LogP contribution in [-0.2, 0) is 20.9 Å². The van der Waals surface area contributed by atoms with E-state index in [-0.39, 0.29) is 18.8 Å². The summed E-state index contributed by atoms with van der Waals surface area (Å²) < 4.78 is 20.2. The van der Waals surface area contributed by atoms with Crippen LogP contribution < -0.4 is 9.47 Å². The Bertz CT molecular complexity index is 469. The van der Waals surface area contributed by atoms with Crippen molar-refractivity contribution in [3.8, 4) is 11.5 Å². The van der Waals surface area contributed by atoms with Gasteiger partial charge in [0.15, 0.2) is 0 Å². The molecule has 0 aliphatic carbocycles. The smallest absolute Gasteiger partial charge is 0.379 e. The molecule has 0 atom stereocenters. The summed E-state index contributed by atoms with van der Waals surface area (Å²) in [6, 6.07) is 2.94. The third-order valence-electron chi connectivity index (χ3n) is 2.62. The summed E-state index contributed by atoms with van der Waals surface area (Å²) >= 11 is 0. The lowest BCUT2D eigenvalue weighted by Gasteiger charge is -2.14. The third-order valence-corrected chi connectivity index (χ3v) is 2.62. The van der Waals surface area contributed by atoms with Gasteiger partial charge in [-0.15, -0.1) is 0 Å². The fourth-order valence-corrected chi connectivity index (χ4v) is 1.72. The molecule has 0 N–H and O–H groups in total. The molecule has 0 heterocycles. The molecule has 0 amide bonds. The van der Waals surface area contributed by atoms with Gasteiger partial charge in [-0.3, -0.25) is 4.79 Å². The third kappa shape index (κ3) is 3.48. The predicted molar refractivity (Wildman–Crippen MR) is 71.2 cm³/mol. The van der Waals surface area contributed by atoms with Crippen LogP contribution in [0.5, 0.6) is 11.5 Å². The van der Waals surface area contributed by atoms with Crippen molar-refractivity contribution in [2.24, 2.45) is 0 Å². The minimum absolute atomic E-state index is 0.139. The van der Waals surface area contributed by atoms with Crippen molar-refractivity contribution in [2.45, 2.75) is 13.5 Å². The summed E-state index contributed by atoms with van der Waals surface area (Å²) in [6.07, 6.45) is 0. The van der Waals surface area contributed by atoms with Gasteiger partial charge in [0.1, 0.15) is 11.5 Å². The van der Waals surface area contributed by atoms with Gasteiger partial charge in [-0.05, 0) is 19.1 Å². The van der Waals surface area contributed by atoms with E-state index >= 15 is 0 Å². The molecule has 0 spiro atoms. The zero-order chi connectivity index (χ0) is 15.1. The Morgan fingerprint density at radius 3 is 2.00 bits per heavy atom. The van der Waals surface area contributed by atoms with Crippen LogP contribution in [0.1, 0.15) is 22.8 Å². The number of Topliss-reactive ketones (excluding diaryl/α,β-unsaturated/α-hetero) is 1. The molecule has 0 saturated heterocycles. The molecule has 110 valence electrons. The molecule has 0 aromatic heterocycles. The van der Waals surface area contributed by atoms with Gasteiger partial charge in [-0.25, -0.2) is 4.79 Å². The zero-order valence-electron chi connectivity index (χ0n) is 12.0. The molecule has 0 bridgehead atoms. The van der Waals surface area contributed by atoms with Gasteiger partial charge in [0, 0.05) is 12.7 Å². The molecule has 0 fully saturated rings. The minimum Gasteiger partial charge on any atom is -0.496 e. The number of hydrogen-bond donors (Lipinski definition) is 0. The second-order valence-electron chi connectivity index (χ2n) is 3.84. The maximum atomic E-state index is 11.9. The highest BCUT2D eigenvalue weighted by Gasteiger charge is 2.22. The maximum absolute atomic E-state index is 11.9. The van der Waals surface area contributed by atoms with E-state index < -0.39 is 11.8 Å². The molecule has 0 aliphatic rings. The van der Waals surface area contributed by atoms with E-state index in [1.807, 2.05) is 0 Å². The van der Waals surface area contributed by atoms with Crippen LogP contribution in [0.2, 0.25) is 0 Å². The summed E-state index contributed by atoms with van der Waals surface area (Å²) in [5.74, 6) is -0.818. The minimum atomic E-state index is -0.906. The van der Waals surface area contributed by atoms with E-state index in [4.69, 9.17) is 14.2 Å². The number of ketones is 1. The normalized spacial score (nSPS) is 10.0. The van der Waals surface area contributed by atoms with Crippen LogP contribution in [0.25, 0.3) is 0 Å². The Morgan fingerprint density at radius 1 is 1.05 bits per heavy atom. The van der Waals surface area contributed by atoms with Crippen LogP contribution >= 0.6 is 0 Å². The lowest BCUT2D eigenvalue weighted by Crippen LogP contribution is -2.18. The van der Waals surface area contributed by atoms with E-state index in [2.05, 4.69) is 4.74 Å². The number of carbonyl (C=O) groups excluding carboxylic acids is 2. The first-order valence-corrected chi connectivity index (χ1v) is 6.04. The Labute approximate surface area is 117 Å². The first kappa shape index (κ1) is 16.0. The van der Waals surface area contributed by atoms with Crippen LogP contribution in [0.4, 0.5) is 0 Å². The summed E-state index contributed by atoms with van der Waals surface area (Å²) in [4.78, 5) is 23.4. The highest BCUT2D eigenvalue weighted by molar-refractivity contribution is 6.40. The standard InChI is InChI=1S/C14H18O6/c1-5-20-14(16)13(15)9-6-11(18-3)10(8-17-2)12(7-9)19-4/h6-7H,5,8H2,1-4H3. The van der Waals surface area contributed by atoms with Crippen molar-refractivity contribution in [3.05, 3.63) is 23.3 Å². The summed E-state index contributed by atoms with van der Waals surface area (Å²) in [5, 5.41) is 0. The Hall–Kier alpha value is -2.08. The summed E-state index contributed by atoms with van der Waals surface area (Å²) in [7, 11) is 4.47. The molecule has 20 heavy (non-hydrogen) atoms. The molecule has 6 nitrogen and oxygen atoms in total. The lowest BCUT2D eigenvalue weighted by atomic mass is 10.1. The van der Waals surface area contributed by atoms with Crippen molar-refractivity contribution >= 4 is 11.8 Å². The van der Waals surface area contributed by atoms with Gasteiger partial charge < -0.3 is 18.9 Å². The number of ether oxygens (including phenoxy) is 4. The van der Waals surface area contributed by atoms with Crippen molar-refractivity contribution in [3.63, 3.8) is 0 Å². The highest BCUT2D eigenvalue weighted by Crippen LogP contribution is 2.31. The van der Waals surface area contributed by atoms with Gasteiger partial charge >= 0.3 is 5.97 Å². The maximum Gasteiger partial charge on any atom is 0.379 e. The molecule has 0 aliphatic heterocycles. The van der Waals surface area contributed by atoms with Crippen LogP contribution in [-0.4, -0.2) is 39.7 Å². The van der Waals surface area contributed by atoms with E-state index in [0.717, 1.165) is 0 Å². The molecule has 0 unspecified atom stereocenters. The first-order valence-electron chi connectivity index (χ1n) is 6.04. The number of carbonyl (C=O) groups is 2. The van der Waals surface area contributed by atoms with Crippen LogP contribution in [0.3, 0.4) is 0 Å². The Balaban J connectivity index is 3.23. The van der Waals surface area contributed by atoms with Crippen molar-refractivity contribution < 1.29 is 28.5 Å². The van der Waals surface area contributed by atoms with Gasteiger partial charge in [0.25, 0.3) is 5.78 Å². The second kappa shape index (κ2) is 7.49. The first-order chi connectivity index (χ1) is 9.58. The molecule has 1 aromatic rings. The van der Waals surface area contributed by atoms with E-state index in [0.29, 0.717) is 17.1 Å². The van der Waals surface area contributed by atoms with E-state index in [9.17, 15) is 9.59 Å². The number of benzene rings is 1. The van der Waals surface area contributed by atoms with Crippen molar-refractivity contribution in [2.75, 3.05) is 27.9 Å². The molecule has 6 heteroatoms. The second-order valence-corrected chi connectivity index (χ2v) is 3.84. The number of hydrogen-bond acceptors (Lipinski definition) is 6. The van der Waals surface area contributed by atoms with E-state index in [1.165, 1.54) is 33.5 Å². The Morgan fingerprint density at radius 2 is 1.60 bits per heavy atom. The van der Waals surface area contributed by atoms with Crippen LogP contribution in [0, 0.1) is 0 Å². The number of methoxy groups -OCH3 is 3. The fraction of sp³-hybridized carbons (Fsp3) is 0.429. The summed E-state index contributed by atoms with van der Waals surface area (Å²) in [5.41, 5.74) is 0.815. The predicted octanol–water partition coefficient (Wildman–Crippen LogP) is 1.60. The largest absolute Gasteiger partial charge is 0.496 e. The topological polar surface area (TPSA) is 71.1 Å². The van der Waals surface area contributed by atoms with Gasteiger partial charge in [0.2, 0.25) is 0 Å². The zero-order valence-corrected chi connectivity index (χ0v) is 12.0. The number of esters is 1. The van der Waals surface area contributed by atoms with Crippen molar-refractivity contribution in [1.82, 2.24) is 0 Å². The molecular weight excluding hydrogens is 264 g/mol. The lowest BCUT2D eigenvalue weighted by molar-refractivity contribution is -0.137.